The third-order valence-corrected chi connectivity index (χ3v) is 15.8. The number of fused-ring (bicyclic) bond motifs is 4. The number of imide groups is 4. The highest BCUT2D eigenvalue weighted by molar-refractivity contribution is 6.30. The van der Waals surface area contributed by atoms with E-state index in [0.717, 1.165) is 107 Å². The van der Waals surface area contributed by atoms with Gasteiger partial charge < -0.3 is 0 Å². The molecule has 0 radical (unpaired) electrons. The van der Waals surface area contributed by atoms with Crippen LogP contribution in [0.1, 0.15) is 45.2 Å². The van der Waals surface area contributed by atoms with Gasteiger partial charge in [0, 0.05) is 60.4 Å². The number of carbonyl (C=O) groups excluding carboxylic acids is 8. The van der Waals surface area contributed by atoms with Crippen molar-refractivity contribution in [1.29, 1.82) is 0 Å². The first kappa shape index (κ1) is 49.1. The van der Waals surface area contributed by atoms with E-state index in [4.69, 9.17) is 0 Å². The molecule has 0 saturated heterocycles. The van der Waals surface area contributed by atoms with Crippen LogP contribution in [0.4, 0.5) is 22.7 Å². The molecule has 4 aliphatic rings. The molecule has 0 aromatic heterocycles. The summed E-state index contributed by atoms with van der Waals surface area (Å²) in [4.78, 5) is 105. The minimum atomic E-state index is -0.383. The molecule has 0 unspecified atom stereocenters. The molecule has 0 N–H and O–H groups in total. The Kier molecular flexibility index (Phi) is 11.5. The zero-order valence-corrected chi connectivity index (χ0v) is 43.3. The molecule has 10 aromatic carbocycles. The van der Waals surface area contributed by atoms with Gasteiger partial charge in [-0.2, -0.15) is 0 Å². The molecule has 0 fully saturated rings. The Morgan fingerprint density at radius 3 is 0.598 bits per heavy atom. The Morgan fingerprint density at radius 2 is 0.378 bits per heavy atom. The van der Waals surface area contributed by atoms with Gasteiger partial charge in [0.05, 0.1) is 22.7 Å². The lowest BCUT2D eigenvalue weighted by Gasteiger charge is -2.22. The first-order chi connectivity index (χ1) is 39.9. The van der Waals surface area contributed by atoms with Crippen molar-refractivity contribution in [3.05, 3.63) is 276 Å². The lowest BCUT2D eigenvalue weighted by atomic mass is 9.82. The molecule has 8 amide bonds. The average Bonchev–Trinajstić information content (AvgIpc) is 4.26. The van der Waals surface area contributed by atoms with Gasteiger partial charge in [0.15, 0.2) is 0 Å². The standard InChI is InChI=1S/C70H42N4O8/c75-61-25-26-62(76)71(61)57-21-17-45-33-53(13-9-49(45)37-57)69(54-14-10-50-38-58(22-18-46(50)34-54)72-63(77)27-28-64(72)78)43-5-1-41(2-6-43)42-3-7-44(8-4-42)70(55-15-11-51-39-59(23-19-47(51)35-55)73-65(79)29-30-66(73)80)56-16-12-52-40-60(24-20-48(52)36-56)74-67(81)31-32-68(74)82/h1-40,69-70H. The number of anilines is 4. The Morgan fingerprint density at radius 1 is 0.195 bits per heavy atom. The van der Waals surface area contributed by atoms with Crippen molar-refractivity contribution in [2.75, 3.05) is 19.6 Å². The number of rotatable bonds is 11. The van der Waals surface area contributed by atoms with Crippen LogP contribution in [0.5, 0.6) is 0 Å². The summed E-state index contributed by atoms with van der Waals surface area (Å²) >= 11 is 0. The summed E-state index contributed by atoms with van der Waals surface area (Å²) in [5.74, 6) is -3.54. The summed E-state index contributed by atoms with van der Waals surface area (Å²) in [7, 11) is 0. The summed E-state index contributed by atoms with van der Waals surface area (Å²) in [5, 5.41) is 7.18. The van der Waals surface area contributed by atoms with Crippen LogP contribution >= 0.6 is 0 Å². The number of carbonyl (C=O) groups is 8. The maximum atomic E-state index is 12.6. The second kappa shape index (κ2) is 19.3. The molecule has 14 rings (SSSR count). The summed E-state index contributed by atoms with van der Waals surface area (Å²) in [6.07, 6.45) is 10.2. The van der Waals surface area contributed by atoms with E-state index >= 15 is 0 Å². The van der Waals surface area contributed by atoms with Crippen LogP contribution in [-0.2, 0) is 38.4 Å². The molecule has 0 saturated carbocycles. The highest BCUT2D eigenvalue weighted by Gasteiger charge is 2.30. The maximum absolute atomic E-state index is 12.6. The van der Waals surface area contributed by atoms with Crippen molar-refractivity contribution in [2.45, 2.75) is 11.8 Å². The van der Waals surface area contributed by atoms with Crippen molar-refractivity contribution in [3.63, 3.8) is 0 Å². The van der Waals surface area contributed by atoms with Gasteiger partial charge in [0.2, 0.25) is 0 Å². The minimum absolute atomic E-state index is 0.242. The van der Waals surface area contributed by atoms with Gasteiger partial charge in [0.1, 0.15) is 0 Å². The Balaban J connectivity index is 0.811. The van der Waals surface area contributed by atoms with Gasteiger partial charge in [-0.1, -0.05) is 146 Å². The van der Waals surface area contributed by atoms with E-state index < -0.39 is 0 Å². The summed E-state index contributed by atoms with van der Waals surface area (Å²) in [6, 6.07) is 64.2. The number of nitrogens with zero attached hydrogens (tertiary/aromatic N) is 4. The van der Waals surface area contributed by atoms with Crippen LogP contribution in [0.25, 0.3) is 54.2 Å². The zero-order chi connectivity index (χ0) is 55.9. The lowest BCUT2D eigenvalue weighted by Crippen LogP contribution is -2.29. The average molecular weight is 1070 g/mol. The molecule has 0 spiro atoms. The minimum Gasteiger partial charge on any atom is -0.269 e. The van der Waals surface area contributed by atoms with E-state index in [0.29, 0.717) is 22.7 Å². The number of benzene rings is 10. The fraction of sp³-hybridized carbons (Fsp3) is 0.0286. The molecule has 390 valence electrons. The van der Waals surface area contributed by atoms with Crippen molar-refractivity contribution in [2.24, 2.45) is 0 Å². The fourth-order valence-electron chi connectivity index (χ4n) is 11.8. The lowest BCUT2D eigenvalue weighted by molar-refractivity contribution is -0.121. The smallest absolute Gasteiger partial charge is 0.258 e. The highest BCUT2D eigenvalue weighted by Crippen LogP contribution is 2.41. The van der Waals surface area contributed by atoms with Crippen LogP contribution in [-0.4, -0.2) is 47.3 Å². The zero-order valence-electron chi connectivity index (χ0n) is 43.3. The first-order valence-corrected chi connectivity index (χ1v) is 26.5. The molecule has 0 aliphatic carbocycles. The summed E-state index contributed by atoms with van der Waals surface area (Å²) < 4.78 is 0. The molecule has 4 aliphatic heterocycles. The monoisotopic (exact) mass is 1070 g/mol. The SMILES string of the molecule is O=C1C=CC(=O)N1c1ccc2cc(C(c3ccc(-c4ccc(C(c5ccc6cc(N7C(=O)C=CC7=O)ccc6c5)c5ccc6cc(N7C(=O)C=CC7=O)ccc6c5)cc4)cc3)c3ccc4cc(N5C(=O)C=CC5=O)ccc4c3)ccc2c1. The predicted octanol–water partition coefficient (Wildman–Crippen LogP) is 12.0. The third-order valence-electron chi connectivity index (χ3n) is 15.8. The highest BCUT2D eigenvalue weighted by atomic mass is 16.2. The van der Waals surface area contributed by atoms with Gasteiger partial charge in [-0.25, -0.2) is 19.6 Å². The van der Waals surface area contributed by atoms with Crippen LogP contribution < -0.4 is 19.6 Å². The Labute approximate surface area is 468 Å². The molecule has 10 aromatic rings. The maximum Gasteiger partial charge on any atom is 0.258 e. The van der Waals surface area contributed by atoms with Crippen molar-refractivity contribution < 1.29 is 38.4 Å². The van der Waals surface area contributed by atoms with Crippen LogP contribution in [0.2, 0.25) is 0 Å². The quantitative estimate of drug-likeness (QED) is 0.0918. The molecule has 0 bridgehead atoms. The number of amides is 8. The number of hydrogen-bond donors (Lipinski definition) is 0. The molecule has 12 nitrogen and oxygen atoms in total. The summed E-state index contributed by atoms with van der Waals surface area (Å²) in [5.41, 5.74) is 10.1. The van der Waals surface area contributed by atoms with E-state index in [2.05, 4.69) is 97.1 Å². The normalized spacial score (nSPS) is 15.2. The third kappa shape index (κ3) is 8.50. The molecular formula is C70H42N4O8. The van der Waals surface area contributed by atoms with E-state index in [1.807, 2.05) is 72.8 Å². The first-order valence-electron chi connectivity index (χ1n) is 26.5. The molecular weight excluding hydrogens is 1020 g/mol. The topological polar surface area (TPSA) is 150 Å². The fourth-order valence-corrected chi connectivity index (χ4v) is 11.8. The van der Waals surface area contributed by atoms with Gasteiger partial charge in [-0.3, -0.25) is 38.4 Å². The van der Waals surface area contributed by atoms with Crippen molar-refractivity contribution in [1.82, 2.24) is 0 Å². The van der Waals surface area contributed by atoms with Gasteiger partial charge >= 0.3 is 0 Å². The largest absolute Gasteiger partial charge is 0.269 e. The molecule has 12 heteroatoms. The van der Waals surface area contributed by atoms with Crippen LogP contribution in [0.3, 0.4) is 0 Å². The second-order valence-electron chi connectivity index (χ2n) is 20.7. The summed E-state index contributed by atoms with van der Waals surface area (Å²) in [6.45, 7) is 0. The van der Waals surface area contributed by atoms with Crippen molar-refractivity contribution in [3.8, 4) is 11.1 Å². The molecule has 0 atom stereocenters. The van der Waals surface area contributed by atoms with E-state index in [-0.39, 0.29) is 59.1 Å². The predicted molar refractivity (Wildman–Crippen MR) is 316 cm³/mol. The van der Waals surface area contributed by atoms with Gasteiger partial charge in [-0.05, 0) is 136 Å². The molecule has 4 heterocycles. The Hall–Kier alpha value is -11.2. The van der Waals surface area contributed by atoms with E-state index in [1.165, 1.54) is 48.6 Å². The van der Waals surface area contributed by atoms with Crippen LogP contribution in [0.15, 0.2) is 243 Å². The van der Waals surface area contributed by atoms with E-state index in [9.17, 15) is 38.4 Å². The van der Waals surface area contributed by atoms with Crippen molar-refractivity contribution >= 4 is 113 Å². The van der Waals surface area contributed by atoms with Crippen LogP contribution in [0, 0.1) is 0 Å². The van der Waals surface area contributed by atoms with E-state index in [1.54, 1.807) is 24.3 Å². The van der Waals surface area contributed by atoms with Gasteiger partial charge in [0.25, 0.3) is 47.3 Å². The second-order valence-corrected chi connectivity index (χ2v) is 20.7. The molecule has 82 heavy (non-hydrogen) atoms. The Bertz CT molecular complexity index is 4050. The number of hydrogen-bond acceptors (Lipinski definition) is 8. The van der Waals surface area contributed by atoms with Gasteiger partial charge in [-0.15, -0.1) is 0 Å².